The highest BCUT2D eigenvalue weighted by Crippen LogP contribution is 2.28. The summed E-state index contributed by atoms with van der Waals surface area (Å²) in [7, 11) is 1.63. The number of benzene rings is 1. The largest absolute Gasteiger partial charge is 0.497 e. The summed E-state index contributed by atoms with van der Waals surface area (Å²) >= 11 is 0. The molecule has 0 unspecified atom stereocenters. The van der Waals surface area contributed by atoms with Gasteiger partial charge in [-0.1, -0.05) is 12.1 Å². The fraction of sp³-hybridized carbons (Fsp3) is 0.529. The molecule has 2 amide bonds. The molecule has 1 aromatic rings. The summed E-state index contributed by atoms with van der Waals surface area (Å²) in [6.07, 6.45) is 3.35. The zero-order valence-electron chi connectivity index (χ0n) is 13.0. The fourth-order valence-corrected chi connectivity index (χ4v) is 2.91. The van der Waals surface area contributed by atoms with E-state index in [-0.39, 0.29) is 18.4 Å². The molecule has 0 radical (unpaired) electrons. The van der Waals surface area contributed by atoms with E-state index < -0.39 is 0 Å². The summed E-state index contributed by atoms with van der Waals surface area (Å²) in [5.74, 6) is 0.966. The van der Waals surface area contributed by atoms with Crippen molar-refractivity contribution in [2.45, 2.75) is 31.7 Å². The van der Waals surface area contributed by atoms with Crippen LogP contribution in [0.4, 0.5) is 0 Å². The zero-order valence-corrected chi connectivity index (χ0v) is 13.0. The van der Waals surface area contributed by atoms with Crippen LogP contribution >= 0.6 is 0 Å². The van der Waals surface area contributed by atoms with Crippen molar-refractivity contribution in [2.24, 2.45) is 0 Å². The molecule has 0 bridgehead atoms. The number of nitrogens with zero attached hydrogens (tertiary/aromatic N) is 2. The minimum atomic E-state index is 0.0617. The first-order valence-corrected chi connectivity index (χ1v) is 7.87. The van der Waals surface area contributed by atoms with Crippen molar-refractivity contribution in [2.75, 3.05) is 26.7 Å². The Morgan fingerprint density at radius 2 is 2.14 bits per heavy atom. The predicted molar refractivity (Wildman–Crippen MR) is 82.6 cm³/mol. The van der Waals surface area contributed by atoms with Gasteiger partial charge in [0.1, 0.15) is 5.75 Å². The normalized spacial score (nSPS) is 18.5. The number of aryl methyl sites for hydroxylation is 1. The molecule has 118 valence electrons. The number of carbonyl (C=O) groups is 2. The summed E-state index contributed by atoms with van der Waals surface area (Å²) in [6.45, 7) is 1.60. The lowest BCUT2D eigenvalue weighted by Gasteiger charge is -2.34. The molecule has 0 spiro atoms. The fourth-order valence-electron chi connectivity index (χ4n) is 2.91. The first kappa shape index (κ1) is 14.9. The molecule has 5 heteroatoms. The summed E-state index contributed by atoms with van der Waals surface area (Å²) in [6, 6.07) is 8.20. The molecule has 1 saturated carbocycles. The van der Waals surface area contributed by atoms with Gasteiger partial charge in [0, 0.05) is 25.6 Å². The minimum Gasteiger partial charge on any atom is -0.497 e. The Labute approximate surface area is 130 Å². The van der Waals surface area contributed by atoms with E-state index in [1.807, 2.05) is 29.2 Å². The van der Waals surface area contributed by atoms with E-state index >= 15 is 0 Å². The Morgan fingerprint density at radius 1 is 1.32 bits per heavy atom. The molecule has 1 aliphatic heterocycles. The number of ether oxygens (including phenoxy) is 1. The van der Waals surface area contributed by atoms with E-state index in [1.165, 1.54) is 0 Å². The molecule has 5 nitrogen and oxygen atoms in total. The molecule has 3 rings (SSSR count). The topological polar surface area (TPSA) is 49.9 Å². The third kappa shape index (κ3) is 3.40. The first-order valence-electron chi connectivity index (χ1n) is 7.87. The van der Waals surface area contributed by atoms with Gasteiger partial charge in [0.25, 0.3) is 0 Å². The Bertz CT molecular complexity index is 569. The van der Waals surface area contributed by atoms with Crippen molar-refractivity contribution in [1.82, 2.24) is 9.80 Å². The zero-order chi connectivity index (χ0) is 15.5. The van der Waals surface area contributed by atoms with Gasteiger partial charge in [-0.2, -0.15) is 0 Å². The van der Waals surface area contributed by atoms with Crippen molar-refractivity contribution in [3.8, 4) is 5.75 Å². The van der Waals surface area contributed by atoms with E-state index in [0.717, 1.165) is 24.2 Å². The number of hydrogen-bond donors (Lipinski definition) is 0. The van der Waals surface area contributed by atoms with Crippen molar-refractivity contribution < 1.29 is 14.3 Å². The molecule has 0 N–H and O–H groups in total. The van der Waals surface area contributed by atoms with Crippen LogP contribution in [0.15, 0.2) is 24.3 Å². The molecular weight excluding hydrogens is 280 g/mol. The monoisotopic (exact) mass is 302 g/mol. The van der Waals surface area contributed by atoms with Gasteiger partial charge < -0.3 is 14.5 Å². The second-order valence-corrected chi connectivity index (χ2v) is 5.99. The van der Waals surface area contributed by atoms with Crippen LogP contribution in [-0.4, -0.2) is 54.4 Å². The van der Waals surface area contributed by atoms with Gasteiger partial charge in [-0.25, -0.2) is 0 Å². The van der Waals surface area contributed by atoms with Crippen molar-refractivity contribution in [3.63, 3.8) is 0 Å². The summed E-state index contributed by atoms with van der Waals surface area (Å²) in [5, 5.41) is 0. The lowest BCUT2D eigenvalue weighted by atomic mass is 10.1. The highest BCUT2D eigenvalue weighted by atomic mass is 16.5. The van der Waals surface area contributed by atoms with Gasteiger partial charge in [-0.05, 0) is 37.0 Å². The molecule has 2 fully saturated rings. The molecule has 1 aliphatic carbocycles. The van der Waals surface area contributed by atoms with Crippen molar-refractivity contribution in [1.29, 1.82) is 0 Å². The Kier molecular flexibility index (Phi) is 4.32. The molecule has 22 heavy (non-hydrogen) atoms. The van der Waals surface area contributed by atoms with Crippen LogP contribution in [-0.2, 0) is 16.0 Å². The van der Waals surface area contributed by atoms with Crippen LogP contribution in [0.2, 0.25) is 0 Å². The number of methoxy groups -OCH3 is 1. The maximum Gasteiger partial charge on any atom is 0.242 e. The second-order valence-electron chi connectivity index (χ2n) is 5.99. The van der Waals surface area contributed by atoms with E-state index in [4.69, 9.17) is 4.74 Å². The number of piperazine rings is 1. The number of amides is 2. The van der Waals surface area contributed by atoms with Gasteiger partial charge in [-0.3, -0.25) is 9.59 Å². The molecular formula is C17H22N2O3. The summed E-state index contributed by atoms with van der Waals surface area (Å²) < 4.78 is 5.19. The lowest BCUT2D eigenvalue weighted by Crippen LogP contribution is -2.52. The number of hydrogen-bond acceptors (Lipinski definition) is 3. The average Bonchev–Trinajstić information content (AvgIpc) is 3.37. The molecule has 1 saturated heterocycles. The molecule has 2 aliphatic rings. The number of rotatable bonds is 5. The van der Waals surface area contributed by atoms with Crippen LogP contribution in [0.5, 0.6) is 5.75 Å². The molecule has 1 aromatic carbocycles. The number of carbonyl (C=O) groups excluding carboxylic acids is 2. The third-order valence-corrected chi connectivity index (χ3v) is 4.36. The SMILES string of the molecule is COc1cccc(CCC(=O)N2CCN(C3CC3)C(=O)C2)c1. The van der Waals surface area contributed by atoms with Crippen molar-refractivity contribution in [3.05, 3.63) is 29.8 Å². The highest BCUT2D eigenvalue weighted by Gasteiger charge is 2.36. The Morgan fingerprint density at radius 3 is 2.82 bits per heavy atom. The van der Waals surface area contributed by atoms with Crippen molar-refractivity contribution >= 4 is 11.8 Å². The second kappa shape index (κ2) is 6.38. The van der Waals surface area contributed by atoms with Crippen LogP contribution in [0.3, 0.4) is 0 Å². The molecule has 1 heterocycles. The predicted octanol–water partition coefficient (Wildman–Crippen LogP) is 1.46. The van der Waals surface area contributed by atoms with Gasteiger partial charge in [0.2, 0.25) is 11.8 Å². The smallest absolute Gasteiger partial charge is 0.242 e. The van der Waals surface area contributed by atoms with E-state index in [1.54, 1.807) is 12.0 Å². The summed E-state index contributed by atoms with van der Waals surface area (Å²) in [5.41, 5.74) is 1.08. The Hall–Kier alpha value is -2.04. The lowest BCUT2D eigenvalue weighted by molar-refractivity contribution is -0.145. The highest BCUT2D eigenvalue weighted by molar-refractivity contribution is 5.86. The first-order chi connectivity index (χ1) is 10.7. The Balaban J connectivity index is 1.50. The minimum absolute atomic E-state index is 0.0617. The van der Waals surface area contributed by atoms with Crippen LogP contribution in [0.25, 0.3) is 0 Å². The van der Waals surface area contributed by atoms with Crippen LogP contribution in [0, 0.1) is 0 Å². The van der Waals surface area contributed by atoms with Gasteiger partial charge in [-0.15, -0.1) is 0 Å². The maximum absolute atomic E-state index is 12.3. The van der Waals surface area contributed by atoms with Crippen LogP contribution < -0.4 is 4.74 Å². The standard InChI is InChI=1S/C17H22N2O3/c1-22-15-4-2-3-13(11-15)5-8-16(20)18-9-10-19(14-6-7-14)17(21)12-18/h2-4,11,14H,5-10,12H2,1H3. The van der Waals surface area contributed by atoms with E-state index in [0.29, 0.717) is 32.0 Å². The maximum atomic E-state index is 12.3. The van der Waals surface area contributed by atoms with E-state index in [2.05, 4.69) is 0 Å². The molecule has 0 aromatic heterocycles. The van der Waals surface area contributed by atoms with Gasteiger partial charge in [0.05, 0.1) is 13.7 Å². The van der Waals surface area contributed by atoms with Crippen LogP contribution in [0.1, 0.15) is 24.8 Å². The summed E-state index contributed by atoms with van der Waals surface area (Å²) in [4.78, 5) is 28.0. The van der Waals surface area contributed by atoms with Gasteiger partial charge >= 0.3 is 0 Å². The van der Waals surface area contributed by atoms with Gasteiger partial charge in [0.15, 0.2) is 0 Å². The third-order valence-electron chi connectivity index (χ3n) is 4.36. The van der Waals surface area contributed by atoms with E-state index in [9.17, 15) is 9.59 Å². The quantitative estimate of drug-likeness (QED) is 0.827. The molecule has 0 atom stereocenters. The average molecular weight is 302 g/mol.